The average molecular weight is 302 g/mol. The first-order chi connectivity index (χ1) is 10.5. The third kappa shape index (κ3) is 2.78. The maximum atomic E-state index is 13.0. The van der Waals surface area contributed by atoms with Gasteiger partial charge in [0.05, 0.1) is 23.9 Å². The van der Waals surface area contributed by atoms with Crippen LogP contribution in [-0.4, -0.2) is 38.7 Å². The molecule has 2 heterocycles. The highest BCUT2D eigenvalue weighted by atomic mass is 19.1. The van der Waals surface area contributed by atoms with E-state index in [0.717, 1.165) is 5.56 Å². The van der Waals surface area contributed by atoms with Gasteiger partial charge in [-0.15, -0.1) is 0 Å². The molecule has 5 nitrogen and oxygen atoms in total. The van der Waals surface area contributed by atoms with Crippen LogP contribution in [0.15, 0.2) is 42.7 Å². The van der Waals surface area contributed by atoms with Crippen LogP contribution in [0.1, 0.15) is 28.4 Å². The summed E-state index contributed by atoms with van der Waals surface area (Å²) < 4.78 is 13.0. The molecule has 1 fully saturated rings. The number of hydrogen-bond acceptors (Lipinski definition) is 4. The molecule has 114 valence electrons. The fourth-order valence-corrected chi connectivity index (χ4v) is 2.75. The fraction of sp³-hybridized carbons (Fsp3) is 0.250. The summed E-state index contributed by atoms with van der Waals surface area (Å²) in [6, 6.07) is 6.89. The standard InChI is InChI=1S/C16H15FN2O3/c17-12-3-1-10(2-4-12)15-6-14(21)9-19(15)16(22)11-5-13(20)8-18-7-11/h1-5,7-8,14-15,20-21H,6,9H2/t14-,15-/m0/s1. The predicted molar refractivity (Wildman–Crippen MR) is 76.7 cm³/mol. The van der Waals surface area contributed by atoms with Gasteiger partial charge in [-0.1, -0.05) is 12.1 Å². The first-order valence-electron chi connectivity index (χ1n) is 6.93. The number of aromatic hydroxyl groups is 1. The molecule has 3 rings (SSSR count). The minimum atomic E-state index is -0.635. The van der Waals surface area contributed by atoms with Crippen molar-refractivity contribution in [2.75, 3.05) is 6.54 Å². The molecule has 6 heteroatoms. The van der Waals surface area contributed by atoms with Crippen molar-refractivity contribution < 1.29 is 19.4 Å². The van der Waals surface area contributed by atoms with Crippen molar-refractivity contribution in [3.05, 3.63) is 59.7 Å². The Morgan fingerprint density at radius 2 is 2.00 bits per heavy atom. The maximum Gasteiger partial charge on any atom is 0.256 e. The molecule has 0 bridgehead atoms. The van der Waals surface area contributed by atoms with Crippen LogP contribution in [-0.2, 0) is 0 Å². The number of β-amino-alcohol motifs (C(OH)–C–C–N with tert-alkyl or cyclic N) is 1. The van der Waals surface area contributed by atoms with Gasteiger partial charge < -0.3 is 15.1 Å². The van der Waals surface area contributed by atoms with Crippen molar-refractivity contribution >= 4 is 5.91 Å². The normalized spacial score (nSPS) is 21.1. The number of carbonyl (C=O) groups is 1. The molecule has 1 aromatic carbocycles. The Kier molecular flexibility index (Phi) is 3.77. The Labute approximate surface area is 126 Å². The summed E-state index contributed by atoms with van der Waals surface area (Å²) in [5, 5.41) is 19.3. The largest absolute Gasteiger partial charge is 0.506 e. The Morgan fingerprint density at radius 3 is 2.68 bits per heavy atom. The number of benzene rings is 1. The van der Waals surface area contributed by atoms with Gasteiger partial charge in [0.2, 0.25) is 0 Å². The van der Waals surface area contributed by atoms with E-state index in [1.807, 2.05) is 0 Å². The van der Waals surface area contributed by atoms with Crippen molar-refractivity contribution in [2.45, 2.75) is 18.6 Å². The minimum absolute atomic E-state index is 0.0936. The molecule has 1 aromatic heterocycles. The average Bonchev–Trinajstić information content (AvgIpc) is 2.89. The van der Waals surface area contributed by atoms with Crippen molar-refractivity contribution in [1.29, 1.82) is 0 Å². The van der Waals surface area contributed by atoms with Gasteiger partial charge in [-0.2, -0.15) is 0 Å². The first-order valence-corrected chi connectivity index (χ1v) is 6.93. The van der Waals surface area contributed by atoms with Gasteiger partial charge in [0.15, 0.2) is 0 Å². The van der Waals surface area contributed by atoms with Gasteiger partial charge in [0.25, 0.3) is 5.91 Å². The van der Waals surface area contributed by atoms with Crippen molar-refractivity contribution in [1.82, 2.24) is 9.88 Å². The third-order valence-electron chi connectivity index (χ3n) is 3.77. The lowest BCUT2D eigenvalue weighted by Crippen LogP contribution is -2.31. The molecule has 22 heavy (non-hydrogen) atoms. The molecule has 0 saturated carbocycles. The lowest BCUT2D eigenvalue weighted by Gasteiger charge is -2.24. The van der Waals surface area contributed by atoms with Crippen LogP contribution in [0.5, 0.6) is 5.75 Å². The number of aliphatic hydroxyl groups is 1. The number of amides is 1. The Morgan fingerprint density at radius 1 is 1.27 bits per heavy atom. The molecule has 1 amide bonds. The van der Waals surface area contributed by atoms with E-state index >= 15 is 0 Å². The summed E-state index contributed by atoms with van der Waals surface area (Å²) in [4.78, 5) is 17.9. The van der Waals surface area contributed by atoms with Crippen LogP contribution < -0.4 is 0 Å². The highest BCUT2D eigenvalue weighted by molar-refractivity contribution is 5.94. The van der Waals surface area contributed by atoms with Crippen LogP contribution >= 0.6 is 0 Å². The molecule has 1 saturated heterocycles. The van der Waals surface area contributed by atoms with Gasteiger partial charge in [-0.05, 0) is 30.2 Å². The molecule has 2 aromatic rings. The second kappa shape index (κ2) is 5.73. The number of nitrogens with zero attached hydrogens (tertiary/aromatic N) is 2. The number of pyridine rings is 1. The Hall–Kier alpha value is -2.47. The van der Waals surface area contributed by atoms with Gasteiger partial charge in [0.1, 0.15) is 11.6 Å². The minimum Gasteiger partial charge on any atom is -0.506 e. The number of rotatable bonds is 2. The number of hydrogen-bond donors (Lipinski definition) is 2. The molecule has 1 aliphatic rings. The third-order valence-corrected chi connectivity index (χ3v) is 3.77. The summed E-state index contributed by atoms with van der Waals surface area (Å²) in [7, 11) is 0. The number of halogens is 1. The lowest BCUT2D eigenvalue weighted by atomic mass is 10.0. The van der Waals surface area contributed by atoms with E-state index in [9.17, 15) is 19.4 Å². The molecule has 2 N–H and O–H groups in total. The smallest absolute Gasteiger partial charge is 0.256 e. The predicted octanol–water partition coefficient (Wildman–Crippen LogP) is 1.87. The van der Waals surface area contributed by atoms with Gasteiger partial charge in [0, 0.05) is 12.7 Å². The van der Waals surface area contributed by atoms with Crippen molar-refractivity contribution in [3.63, 3.8) is 0 Å². The summed E-state index contributed by atoms with van der Waals surface area (Å²) in [6.45, 7) is 0.191. The van der Waals surface area contributed by atoms with Crippen molar-refractivity contribution in [3.8, 4) is 5.75 Å². The molecule has 0 radical (unpaired) electrons. The van der Waals surface area contributed by atoms with E-state index in [-0.39, 0.29) is 35.6 Å². The molecule has 0 unspecified atom stereocenters. The molecule has 0 aliphatic carbocycles. The lowest BCUT2D eigenvalue weighted by molar-refractivity contribution is 0.0715. The van der Waals surface area contributed by atoms with Gasteiger partial charge >= 0.3 is 0 Å². The van der Waals surface area contributed by atoms with Gasteiger partial charge in [-0.3, -0.25) is 9.78 Å². The van der Waals surface area contributed by atoms with E-state index in [1.54, 1.807) is 12.1 Å². The van der Waals surface area contributed by atoms with E-state index < -0.39 is 6.10 Å². The summed E-state index contributed by atoms with van der Waals surface area (Å²) in [5.41, 5.74) is 1.01. The maximum absolute atomic E-state index is 13.0. The highest BCUT2D eigenvalue weighted by Crippen LogP contribution is 2.33. The van der Waals surface area contributed by atoms with E-state index in [4.69, 9.17) is 0 Å². The van der Waals surface area contributed by atoms with E-state index in [1.165, 1.54) is 35.5 Å². The van der Waals surface area contributed by atoms with Crippen molar-refractivity contribution in [2.24, 2.45) is 0 Å². The summed E-state index contributed by atoms with van der Waals surface area (Å²) >= 11 is 0. The molecule has 1 aliphatic heterocycles. The molecular weight excluding hydrogens is 287 g/mol. The zero-order chi connectivity index (χ0) is 15.7. The van der Waals surface area contributed by atoms with E-state index in [2.05, 4.69) is 4.98 Å². The molecule has 0 spiro atoms. The molecule has 2 atom stereocenters. The summed E-state index contributed by atoms with van der Waals surface area (Å²) in [6.07, 6.45) is 2.37. The van der Waals surface area contributed by atoms with Gasteiger partial charge in [-0.25, -0.2) is 4.39 Å². The molecular formula is C16H15FN2O3. The van der Waals surface area contributed by atoms with Crippen LogP contribution in [0.3, 0.4) is 0 Å². The quantitative estimate of drug-likeness (QED) is 0.888. The Bertz CT molecular complexity index is 690. The van der Waals surface area contributed by atoms with E-state index in [0.29, 0.717) is 6.42 Å². The second-order valence-electron chi connectivity index (χ2n) is 5.35. The first kappa shape index (κ1) is 14.5. The zero-order valence-corrected chi connectivity index (χ0v) is 11.7. The summed E-state index contributed by atoms with van der Waals surface area (Å²) in [5.74, 6) is -0.768. The SMILES string of the molecule is O=C(c1cncc(O)c1)N1C[C@@H](O)C[C@H]1c1ccc(F)cc1. The monoisotopic (exact) mass is 302 g/mol. The Balaban J connectivity index is 1.90. The van der Waals surface area contributed by atoms with Crippen LogP contribution in [0.2, 0.25) is 0 Å². The topological polar surface area (TPSA) is 73.7 Å². The number of aromatic nitrogens is 1. The number of carbonyl (C=O) groups excluding carboxylic acids is 1. The van der Waals surface area contributed by atoms with Crippen LogP contribution in [0.4, 0.5) is 4.39 Å². The number of likely N-dealkylation sites (tertiary alicyclic amines) is 1. The van der Waals surface area contributed by atoms with Crippen LogP contribution in [0, 0.1) is 5.82 Å². The second-order valence-corrected chi connectivity index (χ2v) is 5.35. The fourth-order valence-electron chi connectivity index (χ4n) is 2.75. The van der Waals surface area contributed by atoms with Crippen LogP contribution in [0.25, 0.3) is 0 Å². The highest BCUT2D eigenvalue weighted by Gasteiger charge is 2.35. The number of aliphatic hydroxyl groups excluding tert-OH is 1. The zero-order valence-electron chi connectivity index (χ0n) is 11.7.